The summed E-state index contributed by atoms with van der Waals surface area (Å²) in [4.78, 5) is 36.5. The fourth-order valence-electron chi connectivity index (χ4n) is 5.09. The topological polar surface area (TPSA) is 84.0 Å². The van der Waals surface area contributed by atoms with E-state index in [0.29, 0.717) is 12.8 Å². The number of nitrogens with one attached hydrogen (secondary N) is 2. The molecule has 2 atom stereocenters. The first-order chi connectivity index (χ1) is 19.5. The minimum Gasteiger partial charge on any atom is -0.352 e. The van der Waals surface area contributed by atoms with Crippen LogP contribution in [0.2, 0.25) is 0 Å². The van der Waals surface area contributed by atoms with Crippen molar-refractivity contribution in [3.05, 3.63) is 70.7 Å². The Bertz CT molecular complexity index is 1220. The van der Waals surface area contributed by atoms with E-state index in [9.17, 15) is 9.59 Å². The van der Waals surface area contributed by atoms with Gasteiger partial charge in [0.2, 0.25) is 11.8 Å². The van der Waals surface area contributed by atoms with Gasteiger partial charge < -0.3 is 10.6 Å². The van der Waals surface area contributed by atoms with Crippen LogP contribution in [0.1, 0.15) is 98.4 Å². The summed E-state index contributed by atoms with van der Waals surface area (Å²) in [6.07, 6.45) is 22.2. The van der Waals surface area contributed by atoms with Crippen molar-refractivity contribution in [2.75, 3.05) is 5.75 Å². The van der Waals surface area contributed by atoms with Gasteiger partial charge in [0.15, 0.2) is 5.82 Å². The molecule has 1 aromatic rings. The lowest BCUT2D eigenvalue weighted by Gasteiger charge is -2.23. The lowest BCUT2D eigenvalue weighted by molar-refractivity contribution is -0.128. The second-order valence-electron chi connectivity index (χ2n) is 12.3. The number of rotatable bonds is 11. The SMILES string of the molecule is C/C=C(\SCC(=O)N[C@@H](CC1=CC=C(c2ncc(C3=CCC(CC)CC3)cn2)CC=C1)C(=O)NC(C)C)C(C)(C)C. The van der Waals surface area contributed by atoms with Gasteiger partial charge in [0.1, 0.15) is 6.04 Å². The number of amides is 2. The smallest absolute Gasteiger partial charge is 0.243 e. The summed E-state index contributed by atoms with van der Waals surface area (Å²) in [6.45, 7) is 14.5. The Kier molecular flexibility index (Phi) is 12.2. The molecule has 41 heavy (non-hydrogen) atoms. The largest absolute Gasteiger partial charge is 0.352 e. The van der Waals surface area contributed by atoms with Crippen LogP contribution in [0.15, 0.2) is 59.3 Å². The highest BCUT2D eigenvalue weighted by Crippen LogP contribution is 2.34. The third-order valence-corrected chi connectivity index (χ3v) is 9.02. The van der Waals surface area contributed by atoms with E-state index in [1.54, 1.807) is 0 Å². The molecule has 0 radical (unpaired) electrons. The Morgan fingerprint density at radius 3 is 2.44 bits per heavy atom. The van der Waals surface area contributed by atoms with Crippen LogP contribution in [0.3, 0.4) is 0 Å². The molecule has 0 bridgehead atoms. The molecule has 6 nitrogen and oxygen atoms in total. The highest BCUT2D eigenvalue weighted by atomic mass is 32.2. The molecule has 0 aromatic carbocycles. The van der Waals surface area contributed by atoms with Gasteiger partial charge in [-0.15, -0.1) is 11.8 Å². The van der Waals surface area contributed by atoms with Gasteiger partial charge in [0.25, 0.3) is 0 Å². The van der Waals surface area contributed by atoms with Crippen LogP contribution in [-0.2, 0) is 9.59 Å². The molecule has 222 valence electrons. The molecule has 0 spiro atoms. The van der Waals surface area contributed by atoms with Crippen molar-refractivity contribution < 1.29 is 9.59 Å². The van der Waals surface area contributed by atoms with Gasteiger partial charge >= 0.3 is 0 Å². The van der Waals surface area contributed by atoms with Crippen molar-refractivity contribution in [2.45, 2.75) is 99.1 Å². The zero-order valence-electron chi connectivity index (χ0n) is 25.9. The minimum absolute atomic E-state index is 0.0190. The molecule has 3 rings (SSSR count). The Morgan fingerprint density at radius 1 is 1.12 bits per heavy atom. The monoisotopic (exact) mass is 576 g/mol. The second kappa shape index (κ2) is 15.3. The van der Waals surface area contributed by atoms with Crippen molar-refractivity contribution in [1.29, 1.82) is 0 Å². The van der Waals surface area contributed by atoms with Crippen molar-refractivity contribution in [2.24, 2.45) is 11.3 Å². The van der Waals surface area contributed by atoms with Gasteiger partial charge in [-0.3, -0.25) is 9.59 Å². The van der Waals surface area contributed by atoms with Crippen LogP contribution in [0.25, 0.3) is 11.1 Å². The zero-order valence-corrected chi connectivity index (χ0v) is 26.7. The number of nitrogens with zero attached hydrogens (tertiary/aromatic N) is 2. The molecule has 2 aliphatic rings. The molecule has 1 aromatic heterocycles. The Balaban J connectivity index is 1.69. The quantitative estimate of drug-likeness (QED) is 0.286. The molecule has 0 saturated carbocycles. The van der Waals surface area contributed by atoms with E-state index in [0.717, 1.165) is 46.2 Å². The second-order valence-corrected chi connectivity index (χ2v) is 13.3. The Hall–Kier alpha value is -2.93. The summed E-state index contributed by atoms with van der Waals surface area (Å²) >= 11 is 1.52. The van der Waals surface area contributed by atoms with Gasteiger partial charge in [-0.25, -0.2) is 9.97 Å². The van der Waals surface area contributed by atoms with Crippen molar-refractivity contribution in [3.63, 3.8) is 0 Å². The first-order valence-electron chi connectivity index (χ1n) is 15.0. The molecular formula is C34H48N4O2S. The van der Waals surface area contributed by atoms with E-state index >= 15 is 0 Å². The molecule has 0 saturated heterocycles. The summed E-state index contributed by atoms with van der Waals surface area (Å²) in [5.74, 6) is 1.46. The van der Waals surface area contributed by atoms with Gasteiger partial charge in [-0.1, -0.05) is 70.6 Å². The predicted molar refractivity (Wildman–Crippen MR) is 173 cm³/mol. The predicted octanol–water partition coefficient (Wildman–Crippen LogP) is 7.42. The van der Waals surface area contributed by atoms with Crippen molar-refractivity contribution >= 4 is 34.7 Å². The van der Waals surface area contributed by atoms with E-state index < -0.39 is 6.04 Å². The van der Waals surface area contributed by atoms with Crippen LogP contribution >= 0.6 is 11.8 Å². The van der Waals surface area contributed by atoms with Crippen LogP contribution in [0.5, 0.6) is 0 Å². The Labute approximate surface area is 251 Å². The molecular weight excluding hydrogens is 528 g/mol. The first kappa shape index (κ1) is 32.6. The lowest BCUT2D eigenvalue weighted by atomic mass is 9.86. The molecule has 0 fully saturated rings. The van der Waals surface area contributed by atoms with Gasteiger partial charge in [-0.2, -0.15) is 0 Å². The molecule has 1 heterocycles. The molecule has 2 aliphatic carbocycles. The zero-order chi connectivity index (χ0) is 30.0. The Morgan fingerprint density at radius 2 is 1.85 bits per heavy atom. The summed E-state index contributed by atoms with van der Waals surface area (Å²) in [5.41, 5.74) is 4.43. The standard InChI is InChI=1S/C34H48N4O2S/c1-8-24-13-16-26(17-14-24)28-20-35-32(36-21-28)27-12-10-11-25(15-18-27)19-29(33(40)37-23(3)4)38-31(39)22-41-30(9-2)34(5,6)7/h9-11,15-16,18,20-21,23-24,29H,8,12-14,17,19,22H2,1-7H3,(H,37,40)(H,38,39)/b30-9-/t24?,29-/m0/s1. The van der Waals surface area contributed by atoms with Crippen LogP contribution in [0, 0.1) is 11.3 Å². The van der Waals surface area contributed by atoms with Crippen molar-refractivity contribution in [3.8, 4) is 0 Å². The maximum atomic E-state index is 13.1. The number of hydrogen-bond donors (Lipinski definition) is 2. The maximum absolute atomic E-state index is 13.1. The highest BCUT2D eigenvalue weighted by molar-refractivity contribution is 8.03. The van der Waals surface area contributed by atoms with Gasteiger partial charge in [0, 0.05) is 36.0 Å². The molecule has 2 amide bonds. The normalized spacial score (nSPS) is 18.7. The fourth-order valence-corrected chi connectivity index (χ4v) is 6.06. The van der Waals surface area contributed by atoms with E-state index in [4.69, 9.17) is 9.97 Å². The molecule has 7 heteroatoms. The number of thioether (sulfide) groups is 1. The van der Waals surface area contributed by atoms with Crippen LogP contribution < -0.4 is 10.6 Å². The van der Waals surface area contributed by atoms with Crippen LogP contribution in [-0.4, -0.2) is 39.6 Å². The number of aromatic nitrogens is 2. The van der Waals surface area contributed by atoms with Gasteiger partial charge in [-0.05, 0) is 73.8 Å². The van der Waals surface area contributed by atoms with Crippen LogP contribution in [0.4, 0.5) is 0 Å². The maximum Gasteiger partial charge on any atom is 0.243 e. The fraction of sp³-hybridized carbons (Fsp3) is 0.529. The minimum atomic E-state index is -0.661. The number of carbonyl (C=O) groups excluding carboxylic acids is 2. The average Bonchev–Trinajstić information content (AvgIpc) is 3.17. The summed E-state index contributed by atoms with van der Waals surface area (Å²) in [6, 6.07) is -0.679. The molecule has 1 unspecified atom stereocenters. The summed E-state index contributed by atoms with van der Waals surface area (Å²) < 4.78 is 0. The summed E-state index contributed by atoms with van der Waals surface area (Å²) in [7, 11) is 0. The first-order valence-corrected chi connectivity index (χ1v) is 16.0. The third kappa shape index (κ3) is 10.1. The summed E-state index contributed by atoms with van der Waals surface area (Å²) in [5, 5.41) is 5.95. The number of carbonyl (C=O) groups is 2. The molecule has 2 N–H and O–H groups in total. The number of hydrogen-bond acceptors (Lipinski definition) is 5. The lowest BCUT2D eigenvalue weighted by Crippen LogP contribution is -2.49. The van der Waals surface area contributed by atoms with E-state index in [2.05, 4.69) is 56.6 Å². The van der Waals surface area contributed by atoms with E-state index in [-0.39, 0.29) is 29.0 Å². The molecule has 0 aliphatic heterocycles. The number of allylic oxidation sites excluding steroid dienone is 9. The average molecular weight is 577 g/mol. The van der Waals surface area contributed by atoms with Crippen molar-refractivity contribution in [1.82, 2.24) is 20.6 Å². The third-order valence-electron chi connectivity index (χ3n) is 7.46. The van der Waals surface area contributed by atoms with E-state index in [1.807, 2.05) is 51.4 Å². The van der Waals surface area contributed by atoms with E-state index in [1.165, 1.54) is 30.2 Å². The highest BCUT2D eigenvalue weighted by Gasteiger charge is 2.24. The van der Waals surface area contributed by atoms with Gasteiger partial charge in [0.05, 0.1) is 5.75 Å².